The molecule has 0 aliphatic heterocycles. The Bertz CT molecular complexity index is 470. The van der Waals surface area contributed by atoms with Crippen molar-refractivity contribution in [1.82, 2.24) is 14.8 Å². The highest BCUT2D eigenvalue weighted by atomic mass is 15.3. The number of aryl methyl sites for hydroxylation is 1. The van der Waals surface area contributed by atoms with Crippen LogP contribution in [-0.4, -0.2) is 14.8 Å². The number of hydrogen-bond acceptors (Lipinski definition) is 3. The molecule has 0 bridgehead atoms. The van der Waals surface area contributed by atoms with Crippen LogP contribution in [0.15, 0.2) is 30.7 Å². The molecule has 0 unspecified atom stereocenters. The maximum Gasteiger partial charge on any atom is 0.0539 e. The molecule has 2 rings (SSSR count). The molecule has 0 atom stereocenters. The zero-order chi connectivity index (χ0) is 12.3. The largest absolute Gasteiger partial charge is 0.380 e. The van der Waals surface area contributed by atoms with Gasteiger partial charge in [-0.05, 0) is 32.9 Å². The SMILES string of the molecule is Cc1ccc(NCc2cnn(C(C)C)c2)cn1. The van der Waals surface area contributed by atoms with Crippen LogP contribution >= 0.6 is 0 Å². The standard InChI is InChI=1S/C13H18N4/c1-10(2)17-9-12(7-16-17)6-15-13-5-4-11(3)14-8-13/h4-5,7-10,15H,6H2,1-3H3. The lowest BCUT2D eigenvalue weighted by atomic mass is 10.3. The normalized spacial score (nSPS) is 10.8. The summed E-state index contributed by atoms with van der Waals surface area (Å²) in [7, 11) is 0. The molecule has 0 fully saturated rings. The van der Waals surface area contributed by atoms with Crippen molar-refractivity contribution in [3.8, 4) is 0 Å². The summed E-state index contributed by atoms with van der Waals surface area (Å²) in [5, 5.41) is 7.63. The number of rotatable bonds is 4. The highest BCUT2D eigenvalue weighted by molar-refractivity contribution is 5.41. The van der Waals surface area contributed by atoms with E-state index in [-0.39, 0.29) is 0 Å². The van der Waals surface area contributed by atoms with Gasteiger partial charge in [-0.15, -0.1) is 0 Å². The lowest BCUT2D eigenvalue weighted by Crippen LogP contribution is -2.01. The summed E-state index contributed by atoms with van der Waals surface area (Å²) >= 11 is 0. The smallest absolute Gasteiger partial charge is 0.0539 e. The summed E-state index contributed by atoms with van der Waals surface area (Å²) in [4.78, 5) is 4.24. The van der Waals surface area contributed by atoms with Crippen molar-refractivity contribution in [3.63, 3.8) is 0 Å². The molecule has 17 heavy (non-hydrogen) atoms. The predicted molar refractivity (Wildman–Crippen MR) is 68.9 cm³/mol. The predicted octanol–water partition coefficient (Wildman–Crippen LogP) is 2.78. The molecule has 2 heterocycles. The minimum absolute atomic E-state index is 0.407. The fraction of sp³-hybridized carbons (Fsp3) is 0.385. The van der Waals surface area contributed by atoms with Crippen LogP contribution in [0, 0.1) is 6.92 Å². The Morgan fingerprint density at radius 3 is 2.71 bits per heavy atom. The lowest BCUT2D eigenvalue weighted by molar-refractivity contribution is 0.532. The average Bonchev–Trinajstić information content (AvgIpc) is 2.77. The van der Waals surface area contributed by atoms with Gasteiger partial charge in [-0.2, -0.15) is 5.10 Å². The highest BCUT2D eigenvalue weighted by Gasteiger charge is 2.01. The molecule has 1 N–H and O–H groups in total. The number of nitrogens with zero attached hydrogens (tertiary/aromatic N) is 3. The molecule has 0 aliphatic rings. The summed E-state index contributed by atoms with van der Waals surface area (Å²) < 4.78 is 1.96. The van der Waals surface area contributed by atoms with Crippen molar-refractivity contribution in [2.75, 3.05) is 5.32 Å². The van der Waals surface area contributed by atoms with Crippen LogP contribution in [0.4, 0.5) is 5.69 Å². The first-order valence-corrected chi connectivity index (χ1v) is 5.84. The van der Waals surface area contributed by atoms with E-state index in [0.717, 1.165) is 17.9 Å². The molecule has 0 saturated heterocycles. The minimum Gasteiger partial charge on any atom is -0.380 e. The third-order valence-electron chi connectivity index (χ3n) is 2.59. The first-order chi connectivity index (χ1) is 8.15. The van der Waals surface area contributed by atoms with Gasteiger partial charge in [0.25, 0.3) is 0 Å². The van der Waals surface area contributed by atoms with Crippen molar-refractivity contribution >= 4 is 5.69 Å². The summed E-state index contributed by atoms with van der Waals surface area (Å²) in [5.41, 5.74) is 3.25. The minimum atomic E-state index is 0.407. The zero-order valence-electron chi connectivity index (χ0n) is 10.5. The Labute approximate surface area is 102 Å². The molecule has 0 saturated carbocycles. The van der Waals surface area contributed by atoms with Crippen LogP contribution in [0.3, 0.4) is 0 Å². The van der Waals surface area contributed by atoms with Crippen molar-refractivity contribution in [1.29, 1.82) is 0 Å². The number of nitrogens with one attached hydrogen (secondary N) is 1. The van der Waals surface area contributed by atoms with Gasteiger partial charge in [0.15, 0.2) is 0 Å². The third-order valence-corrected chi connectivity index (χ3v) is 2.59. The molecular formula is C13H18N4. The average molecular weight is 230 g/mol. The highest BCUT2D eigenvalue weighted by Crippen LogP contribution is 2.09. The van der Waals surface area contributed by atoms with Crippen molar-refractivity contribution in [3.05, 3.63) is 42.0 Å². The third kappa shape index (κ3) is 3.06. The van der Waals surface area contributed by atoms with Crippen molar-refractivity contribution in [2.45, 2.75) is 33.4 Å². The molecule has 0 aromatic carbocycles. The van der Waals surface area contributed by atoms with Gasteiger partial charge in [-0.25, -0.2) is 0 Å². The van der Waals surface area contributed by atoms with Gasteiger partial charge in [0.2, 0.25) is 0 Å². The van der Waals surface area contributed by atoms with Crippen LogP contribution in [0.25, 0.3) is 0 Å². The number of pyridine rings is 1. The van der Waals surface area contributed by atoms with E-state index in [1.54, 1.807) is 0 Å². The first kappa shape index (κ1) is 11.6. The van der Waals surface area contributed by atoms with Crippen molar-refractivity contribution in [2.24, 2.45) is 0 Å². The molecule has 90 valence electrons. The molecule has 0 radical (unpaired) electrons. The number of hydrogen-bond donors (Lipinski definition) is 1. The van der Waals surface area contributed by atoms with Gasteiger partial charge in [0.1, 0.15) is 0 Å². The Morgan fingerprint density at radius 1 is 1.29 bits per heavy atom. The fourth-order valence-corrected chi connectivity index (χ4v) is 1.53. The van der Waals surface area contributed by atoms with Crippen LogP contribution in [0.1, 0.15) is 31.1 Å². The summed E-state index contributed by atoms with van der Waals surface area (Å²) in [6.07, 6.45) is 5.82. The zero-order valence-corrected chi connectivity index (χ0v) is 10.5. The van der Waals surface area contributed by atoms with Gasteiger partial charge in [0, 0.05) is 30.0 Å². The molecule has 2 aromatic rings. The molecule has 2 aromatic heterocycles. The Balaban J connectivity index is 1.95. The molecule has 0 amide bonds. The molecule has 0 spiro atoms. The van der Waals surface area contributed by atoms with E-state index in [9.17, 15) is 0 Å². The summed E-state index contributed by atoms with van der Waals surface area (Å²) in [6, 6.07) is 4.44. The van der Waals surface area contributed by atoms with E-state index in [2.05, 4.69) is 35.4 Å². The van der Waals surface area contributed by atoms with Gasteiger partial charge < -0.3 is 5.32 Å². The topological polar surface area (TPSA) is 42.7 Å². The van der Waals surface area contributed by atoms with E-state index in [1.807, 2.05) is 36.1 Å². The quantitative estimate of drug-likeness (QED) is 0.878. The van der Waals surface area contributed by atoms with Gasteiger partial charge >= 0.3 is 0 Å². The van der Waals surface area contributed by atoms with Gasteiger partial charge in [-0.3, -0.25) is 9.67 Å². The lowest BCUT2D eigenvalue weighted by Gasteiger charge is -2.05. The van der Waals surface area contributed by atoms with E-state index in [0.29, 0.717) is 6.04 Å². The van der Waals surface area contributed by atoms with Gasteiger partial charge in [0.05, 0.1) is 18.1 Å². The second-order valence-corrected chi connectivity index (χ2v) is 4.46. The summed E-state index contributed by atoms with van der Waals surface area (Å²) in [6.45, 7) is 7.00. The molecule has 4 heteroatoms. The Morgan fingerprint density at radius 2 is 2.12 bits per heavy atom. The molecular weight excluding hydrogens is 212 g/mol. The van der Waals surface area contributed by atoms with Crippen LogP contribution in [0.5, 0.6) is 0 Å². The van der Waals surface area contributed by atoms with Gasteiger partial charge in [-0.1, -0.05) is 0 Å². The maximum absolute atomic E-state index is 4.30. The second kappa shape index (κ2) is 4.99. The van der Waals surface area contributed by atoms with Crippen molar-refractivity contribution < 1.29 is 0 Å². The van der Waals surface area contributed by atoms with E-state index < -0.39 is 0 Å². The Kier molecular flexibility index (Phi) is 3.42. The number of aromatic nitrogens is 3. The van der Waals surface area contributed by atoms with E-state index in [1.165, 1.54) is 5.56 Å². The fourth-order valence-electron chi connectivity index (χ4n) is 1.53. The Hall–Kier alpha value is -1.84. The second-order valence-electron chi connectivity index (χ2n) is 4.46. The van der Waals surface area contributed by atoms with Crippen LogP contribution in [0.2, 0.25) is 0 Å². The summed E-state index contributed by atoms with van der Waals surface area (Å²) in [5.74, 6) is 0. The van der Waals surface area contributed by atoms with Crippen LogP contribution in [-0.2, 0) is 6.54 Å². The monoisotopic (exact) mass is 230 g/mol. The maximum atomic E-state index is 4.30. The molecule has 0 aliphatic carbocycles. The van der Waals surface area contributed by atoms with Crippen LogP contribution < -0.4 is 5.32 Å². The number of anilines is 1. The van der Waals surface area contributed by atoms with E-state index >= 15 is 0 Å². The molecule has 4 nitrogen and oxygen atoms in total. The van der Waals surface area contributed by atoms with E-state index in [4.69, 9.17) is 0 Å². The first-order valence-electron chi connectivity index (χ1n) is 5.84.